The van der Waals surface area contributed by atoms with Crippen LogP contribution in [0, 0.1) is 6.92 Å². The number of aryl methyl sites for hydroxylation is 1. The molecule has 0 radical (unpaired) electrons. The fourth-order valence-corrected chi connectivity index (χ4v) is 3.10. The zero-order valence-corrected chi connectivity index (χ0v) is 12.7. The number of piperidine rings is 1. The second-order valence-electron chi connectivity index (χ2n) is 6.00. The van der Waals surface area contributed by atoms with Gasteiger partial charge < -0.3 is 15.1 Å². The molecule has 3 rings (SSSR count). The van der Waals surface area contributed by atoms with E-state index in [1.165, 1.54) is 6.42 Å². The van der Waals surface area contributed by atoms with Crippen molar-refractivity contribution in [3.8, 4) is 0 Å². The van der Waals surface area contributed by atoms with Gasteiger partial charge in [0.1, 0.15) is 0 Å². The summed E-state index contributed by atoms with van der Waals surface area (Å²) in [6, 6.07) is 3.17. The SMILES string of the molecule is Cc1cc(CC(N)C(=O)N2CCCCC2)cc2oc(=O)[nH]c12. The Morgan fingerprint density at radius 1 is 1.36 bits per heavy atom. The summed E-state index contributed by atoms with van der Waals surface area (Å²) in [4.78, 5) is 28.2. The second kappa shape index (κ2) is 5.96. The molecule has 6 heteroatoms. The molecule has 1 fully saturated rings. The second-order valence-corrected chi connectivity index (χ2v) is 6.00. The number of amides is 1. The summed E-state index contributed by atoms with van der Waals surface area (Å²) in [7, 11) is 0. The number of carbonyl (C=O) groups is 1. The van der Waals surface area contributed by atoms with Crippen molar-refractivity contribution in [3.05, 3.63) is 33.8 Å². The van der Waals surface area contributed by atoms with Gasteiger partial charge in [0.05, 0.1) is 11.6 Å². The predicted octanol–water partition coefficient (Wildman–Crippen LogP) is 1.31. The van der Waals surface area contributed by atoms with Crippen LogP contribution in [0.25, 0.3) is 11.1 Å². The number of aromatic amines is 1. The first-order valence-electron chi connectivity index (χ1n) is 7.71. The minimum Gasteiger partial charge on any atom is -0.408 e. The standard InChI is InChI=1S/C16H21N3O3/c1-10-7-11(9-13-14(10)18-16(21)22-13)8-12(17)15(20)19-5-3-2-4-6-19/h7,9,12H,2-6,8,17H2,1H3,(H,18,21). The molecule has 22 heavy (non-hydrogen) atoms. The highest BCUT2D eigenvalue weighted by molar-refractivity contribution is 5.82. The summed E-state index contributed by atoms with van der Waals surface area (Å²) in [6.07, 6.45) is 3.73. The summed E-state index contributed by atoms with van der Waals surface area (Å²) < 4.78 is 5.10. The molecule has 2 heterocycles. The Morgan fingerprint density at radius 2 is 2.09 bits per heavy atom. The van der Waals surface area contributed by atoms with Gasteiger partial charge in [0.2, 0.25) is 5.91 Å². The number of oxazole rings is 1. The Bertz CT molecular complexity index is 741. The Morgan fingerprint density at radius 3 is 2.82 bits per heavy atom. The molecule has 6 nitrogen and oxygen atoms in total. The van der Waals surface area contributed by atoms with Crippen LogP contribution in [0.5, 0.6) is 0 Å². The maximum Gasteiger partial charge on any atom is 0.417 e. The van der Waals surface area contributed by atoms with Crippen LogP contribution in [0.15, 0.2) is 21.3 Å². The highest BCUT2D eigenvalue weighted by atomic mass is 16.4. The molecule has 2 aromatic rings. The van der Waals surface area contributed by atoms with Crippen molar-refractivity contribution >= 4 is 17.0 Å². The van der Waals surface area contributed by atoms with Crippen LogP contribution in [-0.2, 0) is 11.2 Å². The van der Waals surface area contributed by atoms with Crippen LogP contribution >= 0.6 is 0 Å². The molecule has 1 aromatic carbocycles. The van der Waals surface area contributed by atoms with Gasteiger partial charge in [-0.15, -0.1) is 0 Å². The number of nitrogens with zero attached hydrogens (tertiary/aromatic N) is 1. The lowest BCUT2D eigenvalue weighted by atomic mass is 10.0. The minimum absolute atomic E-state index is 0.00738. The number of benzene rings is 1. The maximum absolute atomic E-state index is 12.4. The molecular formula is C16H21N3O3. The molecule has 0 spiro atoms. The fraction of sp³-hybridized carbons (Fsp3) is 0.500. The Hall–Kier alpha value is -2.08. The monoisotopic (exact) mass is 303 g/mol. The first kappa shape index (κ1) is 14.8. The van der Waals surface area contributed by atoms with E-state index < -0.39 is 11.8 Å². The molecule has 1 aliphatic heterocycles. The van der Waals surface area contributed by atoms with Crippen LogP contribution in [0.2, 0.25) is 0 Å². The number of carbonyl (C=O) groups excluding carboxylic acids is 1. The maximum atomic E-state index is 12.4. The molecule has 1 amide bonds. The molecule has 1 aromatic heterocycles. The minimum atomic E-state index is -0.555. The zero-order valence-electron chi connectivity index (χ0n) is 12.7. The number of rotatable bonds is 3. The highest BCUT2D eigenvalue weighted by Gasteiger charge is 2.23. The number of nitrogens with one attached hydrogen (secondary N) is 1. The molecule has 3 N–H and O–H groups in total. The van der Waals surface area contributed by atoms with E-state index in [4.69, 9.17) is 10.2 Å². The van der Waals surface area contributed by atoms with Gasteiger partial charge in [-0.2, -0.15) is 0 Å². The summed E-state index contributed by atoms with van der Waals surface area (Å²) in [6.45, 7) is 3.50. The molecule has 1 aliphatic rings. The summed E-state index contributed by atoms with van der Waals surface area (Å²) in [5.41, 5.74) is 9.12. The van der Waals surface area contributed by atoms with E-state index in [9.17, 15) is 9.59 Å². The lowest BCUT2D eigenvalue weighted by molar-refractivity contribution is -0.133. The van der Waals surface area contributed by atoms with E-state index in [0.29, 0.717) is 17.5 Å². The molecule has 0 saturated carbocycles. The molecule has 118 valence electrons. The van der Waals surface area contributed by atoms with Gasteiger partial charge in [0, 0.05) is 13.1 Å². The third-order valence-electron chi connectivity index (χ3n) is 4.23. The Balaban J connectivity index is 1.77. The van der Waals surface area contributed by atoms with E-state index in [2.05, 4.69) is 4.98 Å². The number of aromatic nitrogens is 1. The average molecular weight is 303 g/mol. The van der Waals surface area contributed by atoms with Crippen molar-refractivity contribution in [1.82, 2.24) is 9.88 Å². The number of hydrogen-bond donors (Lipinski definition) is 2. The molecule has 0 aliphatic carbocycles. The van der Waals surface area contributed by atoms with Crippen LogP contribution in [0.3, 0.4) is 0 Å². The van der Waals surface area contributed by atoms with Crippen molar-refractivity contribution in [1.29, 1.82) is 0 Å². The smallest absolute Gasteiger partial charge is 0.408 e. The first-order chi connectivity index (χ1) is 10.5. The third kappa shape index (κ3) is 2.92. The van der Waals surface area contributed by atoms with Crippen molar-refractivity contribution in [2.45, 2.75) is 38.6 Å². The van der Waals surface area contributed by atoms with Gasteiger partial charge in [-0.25, -0.2) is 4.79 Å². The highest BCUT2D eigenvalue weighted by Crippen LogP contribution is 2.19. The molecule has 1 unspecified atom stereocenters. The van der Waals surface area contributed by atoms with Gasteiger partial charge in [0.15, 0.2) is 5.58 Å². The Kier molecular flexibility index (Phi) is 4.02. The fourth-order valence-electron chi connectivity index (χ4n) is 3.10. The van der Waals surface area contributed by atoms with Crippen LogP contribution in [0.1, 0.15) is 30.4 Å². The number of hydrogen-bond acceptors (Lipinski definition) is 4. The molecule has 1 saturated heterocycles. The first-order valence-corrected chi connectivity index (χ1v) is 7.71. The van der Waals surface area contributed by atoms with Gasteiger partial charge in [-0.3, -0.25) is 9.78 Å². The van der Waals surface area contributed by atoms with Gasteiger partial charge >= 0.3 is 5.76 Å². The normalized spacial score (nSPS) is 16.9. The van der Waals surface area contributed by atoms with E-state index in [1.54, 1.807) is 6.07 Å². The molecule has 0 bridgehead atoms. The lowest BCUT2D eigenvalue weighted by Crippen LogP contribution is -2.46. The largest absolute Gasteiger partial charge is 0.417 e. The van der Waals surface area contributed by atoms with Gasteiger partial charge in [-0.05, 0) is 49.8 Å². The number of fused-ring (bicyclic) bond motifs is 1. The summed E-state index contributed by atoms with van der Waals surface area (Å²) >= 11 is 0. The van der Waals surface area contributed by atoms with Crippen LogP contribution in [0.4, 0.5) is 0 Å². The van der Waals surface area contributed by atoms with Gasteiger partial charge in [-0.1, -0.05) is 6.07 Å². The average Bonchev–Trinajstić information content (AvgIpc) is 2.88. The lowest BCUT2D eigenvalue weighted by Gasteiger charge is -2.29. The number of H-pyrrole nitrogens is 1. The van der Waals surface area contributed by atoms with Crippen LogP contribution in [-0.4, -0.2) is 34.9 Å². The van der Waals surface area contributed by atoms with E-state index in [0.717, 1.165) is 37.1 Å². The van der Waals surface area contributed by atoms with Crippen molar-refractivity contribution in [2.24, 2.45) is 5.73 Å². The van der Waals surface area contributed by atoms with E-state index >= 15 is 0 Å². The number of likely N-dealkylation sites (tertiary alicyclic amines) is 1. The van der Waals surface area contributed by atoms with E-state index in [-0.39, 0.29) is 5.91 Å². The summed E-state index contributed by atoms with van der Waals surface area (Å²) in [5.74, 6) is -0.461. The van der Waals surface area contributed by atoms with Gasteiger partial charge in [0.25, 0.3) is 0 Å². The van der Waals surface area contributed by atoms with Crippen LogP contribution < -0.4 is 11.5 Å². The quantitative estimate of drug-likeness (QED) is 0.894. The molecular weight excluding hydrogens is 282 g/mol. The Labute approximate surface area is 128 Å². The van der Waals surface area contributed by atoms with E-state index in [1.807, 2.05) is 17.9 Å². The number of nitrogens with two attached hydrogens (primary N) is 1. The third-order valence-corrected chi connectivity index (χ3v) is 4.23. The van der Waals surface area contributed by atoms with Crippen molar-refractivity contribution < 1.29 is 9.21 Å². The topological polar surface area (TPSA) is 92.3 Å². The summed E-state index contributed by atoms with van der Waals surface area (Å²) in [5, 5.41) is 0. The molecule has 1 atom stereocenters. The van der Waals surface area contributed by atoms with Crippen molar-refractivity contribution in [2.75, 3.05) is 13.1 Å². The predicted molar refractivity (Wildman–Crippen MR) is 83.7 cm³/mol. The zero-order chi connectivity index (χ0) is 15.7. The van der Waals surface area contributed by atoms with Crippen molar-refractivity contribution in [3.63, 3.8) is 0 Å².